The van der Waals surface area contributed by atoms with Gasteiger partial charge < -0.3 is 15.5 Å². The van der Waals surface area contributed by atoms with Crippen LogP contribution in [0.3, 0.4) is 0 Å². The van der Waals surface area contributed by atoms with Crippen molar-refractivity contribution in [1.82, 2.24) is 20.2 Å². The normalized spacial score (nSPS) is 10.6. The molecule has 0 spiro atoms. The van der Waals surface area contributed by atoms with Gasteiger partial charge in [0.2, 0.25) is 5.95 Å². The van der Waals surface area contributed by atoms with Gasteiger partial charge in [-0.05, 0) is 12.1 Å². The molecule has 2 heterocycles. The van der Waals surface area contributed by atoms with Crippen LogP contribution in [0.15, 0.2) is 30.5 Å². The maximum absolute atomic E-state index is 4.48. The number of aromatic amines is 1. The Bertz CT molecular complexity index is 763. The molecule has 0 fully saturated rings. The minimum Gasteiger partial charge on any atom is -0.376 e. The number of anilines is 4. The monoisotopic (exact) mass is 283 g/mol. The van der Waals surface area contributed by atoms with Crippen molar-refractivity contribution in [3.05, 3.63) is 30.5 Å². The summed E-state index contributed by atoms with van der Waals surface area (Å²) in [5.41, 5.74) is 2.75. The van der Waals surface area contributed by atoms with Gasteiger partial charge >= 0.3 is 0 Å². The van der Waals surface area contributed by atoms with E-state index >= 15 is 0 Å². The van der Waals surface area contributed by atoms with Crippen LogP contribution < -0.4 is 15.5 Å². The summed E-state index contributed by atoms with van der Waals surface area (Å²) < 4.78 is 0. The summed E-state index contributed by atoms with van der Waals surface area (Å²) in [7, 11) is 5.80. The average Bonchev–Trinajstić information content (AvgIpc) is 2.96. The topological polar surface area (TPSA) is 81.8 Å². The van der Waals surface area contributed by atoms with Gasteiger partial charge in [-0.15, -0.1) is 0 Å². The minimum absolute atomic E-state index is 0.539. The van der Waals surface area contributed by atoms with Gasteiger partial charge in [-0.25, -0.2) is 0 Å². The zero-order chi connectivity index (χ0) is 14.8. The van der Waals surface area contributed by atoms with Gasteiger partial charge in [0.1, 0.15) is 5.82 Å². The Balaban J connectivity index is 2.07. The lowest BCUT2D eigenvalue weighted by Gasteiger charge is -2.18. The molecule has 7 nitrogen and oxygen atoms in total. The van der Waals surface area contributed by atoms with E-state index in [1.54, 1.807) is 13.2 Å². The van der Waals surface area contributed by atoms with Crippen LogP contribution in [0, 0.1) is 0 Å². The van der Waals surface area contributed by atoms with E-state index in [2.05, 4.69) is 41.8 Å². The summed E-state index contributed by atoms with van der Waals surface area (Å²) in [6, 6.07) is 8.06. The van der Waals surface area contributed by atoms with E-state index in [4.69, 9.17) is 0 Å². The van der Waals surface area contributed by atoms with Gasteiger partial charge in [0, 0.05) is 21.1 Å². The zero-order valence-electron chi connectivity index (χ0n) is 12.2. The number of nitrogens with zero attached hydrogens (tertiary/aromatic N) is 4. The molecular formula is C14H17N7. The average molecular weight is 283 g/mol. The van der Waals surface area contributed by atoms with Crippen molar-refractivity contribution in [2.75, 3.05) is 36.7 Å². The number of benzene rings is 1. The second kappa shape index (κ2) is 5.28. The fraction of sp³-hybridized carbons (Fsp3) is 0.214. The molecule has 0 aliphatic rings. The van der Waals surface area contributed by atoms with Gasteiger partial charge in [-0.3, -0.25) is 5.10 Å². The lowest BCUT2D eigenvalue weighted by Crippen LogP contribution is -2.11. The Labute approximate surface area is 122 Å². The molecule has 2 aromatic heterocycles. The number of hydrogen-bond acceptors (Lipinski definition) is 6. The number of aromatic nitrogens is 4. The summed E-state index contributed by atoms with van der Waals surface area (Å²) in [5, 5.41) is 14.1. The van der Waals surface area contributed by atoms with E-state index in [0.717, 1.165) is 16.8 Å². The van der Waals surface area contributed by atoms with Crippen molar-refractivity contribution >= 4 is 34.2 Å². The summed E-state index contributed by atoms with van der Waals surface area (Å²) >= 11 is 0. The maximum atomic E-state index is 4.48. The molecule has 3 rings (SSSR count). The van der Waals surface area contributed by atoms with Crippen LogP contribution in [0.25, 0.3) is 11.0 Å². The molecule has 0 saturated heterocycles. The Hall–Kier alpha value is -2.83. The Morgan fingerprint density at radius 2 is 1.95 bits per heavy atom. The van der Waals surface area contributed by atoms with Crippen molar-refractivity contribution in [1.29, 1.82) is 0 Å². The van der Waals surface area contributed by atoms with Crippen LogP contribution in [0.5, 0.6) is 0 Å². The second-order valence-corrected chi connectivity index (χ2v) is 4.81. The van der Waals surface area contributed by atoms with Crippen LogP contribution in [-0.4, -0.2) is 41.3 Å². The third-order valence-corrected chi connectivity index (χ3v) is 3.17. The number of nitrogens with one attached hydrogen (secondary N) is 3. The Morgan fingerprint density at radius 1 is 1.14 bits per heavy atom. The van der Waals surface area contributed by atoms with Gasteiger partial charge in [0.05, 0.1) is 23.0 Å². The summed E-state index contributed by atoms with van der Waals surface area (Å²) in [6.07, 6.45) is 1.72. The Kier molecular flexibility index (Phi) is 3.31. The molecule has 0 saturated carbocycles. The fourth-order valence-electron chi connectivity index (χ4n) is 2.14. The highest BCUT2D eigenvalue weighted by molar-refractivity contribution is 5.90. The molecule has 0 aliphatic heterocycles. The third kappa shape index (κ3) is 2.45. The molecule has 3 N–H and O–H groups in total. The molecule has 0 unspecified atom stereocenters. The first kappa shape index (κ1) is 13.2. The molecule has 0 bridgehead atoms. The van der Waals surface area contributed by atoms with E-state index in [-0.39, 0.29) is 0 Å². The molecule has 21 heavy (non-hydrogen) atoms. The fourth-order valence-corrected chi connectivity index (χ4v) is 2.14. The molecule has 0 aliphatic carbocycles. The minimum atomic E-state index is 0.539. The quantitative estimate of drug-likeness (QED) is 0.681. The van der Waals surface area contributed by atoms with Gasteiger partial charge in [0.25, 0.3) is 0 Å². The molecule has 108 valence electrons. The molecule has 3 aromatic rings. The predicted molar refractivity (Wildman–Crippen MR) is 85.3 cm³/mol. The van der Waals surface area contributed by atoms with E-state index in [1.165, 1.54) is 0 Å². The first-order valence-electron chi connectivity index (χ1n) is 6.61. The number of rotatable bonds is 4. The third-order valence-electron chi connectivity index (χ3n) is 3.17. The molecule has 0 amide bonds. The standard InChI is InChI=1S/C14H17N7/c1-15-14-18-12(9-8-16-20-13(9)19-14)17-10-6-4-5-7-11(10)21(2)3/h4-8H,1-3H3,(H3,15,16,17,18,19,20). The smallest absolute Gasteiger partial charge is 0.226 e. The van der Waals surface area contributed by atoms with Gasteiger partial charge in [-0.2, -0.15) is 15.1 Å². The molecular weight excluding hydrogens is 266 g/mol. The number of para-hydroxylation sites is 2. The first-order valence-corrected chi connectivity index (χ1v) is 6.61. The first-order chi connectivity index (χ1) is 10.2. The maximum Gasteiger partial charge on any atom is 0.226 e. The van der Waals surface area contributed by atoms with E-state index < -0.39 is 0 Å². The zero-order valence-corrected chi connectivity index (χ0v) is 12.2. The Morgan fingerprint density at radius 3 is 2.71 bits per heavy atom. The largest absolute Gasteiger partial charge is 0.376 e. The summed E-state index contributed by atoms with van der Waals surface area (Å²) in [6.45, 7) is 0. The molecule has 0 atom stereocenters. The van der Waals surface area contributed by atoms with Crippen LogP contribution in [0.1, 0.15) is 0 Å². The predicted octanol–water partition coefficient (Wildman–Crippen LogP) is 2.20. The van der Waals surface area contributed by atoms with Crippen molar-refractivity contribution in [3.8, 4) is 0 Å². The van der Waals surface area contributed by atoms with E-state index in [0.29, 0.717) is 17.4 Å². The highest BCUT2D eigenvalue weighted by Gasteiger charge is 2.11. The molecule has 0 radical (unpaired) electrons. The van der Waals surface area contributed by atoms with Crippen molar-refractivity contribution in [3.63, 3.8) is 0 Å². The molecule has 1 aromatic carbocycles. The van der Waals surface area contributed by atoms with Crippen molar-refractivity contribution in [2.45, 2.75) is 0 Å². The van der Waals surface area contributed by atoms with Crippen LogP contribution >= 0.6 is 0 Å². The number of fused-ring (bicyclic) bond motifs is 1. The second-order valence-electron chi connectivity index (χ2n) is 4.81. The van der Waals surface area contributed by atoms with Gasteiger partial charge in [0.15, 0.2) is 5.65 Å². The van der Waals surface area contributed by atoms with Gasteiger partial charge in [-0.1, -0.05) is 12.1 Å². The SMILES string of the molecule is CNc1nc(Nc2ccccc2N(C)C)c2cn[nH]c2n1. The lowest BCUT2D eigenvalue weighted by atomic mass is 10.2. The molecule has 7 heteroatoms. The summed E-state index contributed by atoms with van der Waals surface area (Å²) in [5.74, 6) is 1.25. The number of hydrogen-bond donors (Lipinski definition) is 3. The highest BCUT2D eigenvalue weighted by Crippen LogP contribution is 2.29. The van der Waals surface area contributed by atoms with Crippen LogP contribution in [-0.2, 0) is 0 Å². The van der Waals surface area contributed by atoms with Crippen LogP contribution in [0.4, 0.5) is 23.1 Å². The highest BCUT2D eigenvalue weighted by atomic mass is 15.2. The van der Waals surface area contributed by atoms with Crippen molar-refractivity contribution < 1.29 is 0 Å². The lowest BCUT2D eigenvalue weighted by molar-refractivity contribution is 1.09. The van der Waals surface area contributed by atoms with Crippen molar-refractivity contribution in [2.24, 2.45) is 0 Å². The number of H-pyrrole nitrogens is 1. The van der Waals surface area contributed by atoms with E-state index in [1.807, 2.05) is 32.3 Å². The van der Waals surface area contributed by atoms with Crippen LogP contribution in [0.2, 0.25) is 0 Å². The summed E-state index contributed by atoms with van der Waals surface area (Å²) in [4.78, 5) is 10.8. The van der Waals surface area contributed by atoms with E-state index in [9.17, 15) is 0 Å².